The Morgan fingerprint density at radius 1 is 1.17 bits per heavy atom. The summed E-state index contributed by atoms with van der Waals surface area (Å²) in [6, 6.07) is 16.2. The first-order valence-electron chi connectivity index (χ1n) is 13.4. The number of hydrogen-bond acceptors (Lipinski definition) is 6. The monoisotopic (exact) mass is 595 g/mol. The van der Waals surface area contributed by atoms with Gasteiger partial charge in [-0.1, -0.05) is 24.8 Å². The van der Waals surface area contributed by atoms with Gasteiger partial charge in [-0.25, -0.2) is 17.6 Å². The number of aliphatic hydroxyl groups is 1. The first-order chi connectivity index (χ1) is 20.0. The number of hydrogen-bond donors (Lipinski definition) is 2. The average Bonchev–Trinajstić information content (AvgIpc) is 2.98. The average molecular weight is 596 g/mol. The highest BCUT2D eigenvalue weighted by Crippen LogP contribution is 2.34. The zero-order valence-corrected chi connectivity index (χ0v) is 24.7. The molecule has 0 unspecified atom stereocenters. The lowest BCUT2D eigenvalue weighted by molar-refractivity contribution is 0.0830. The van der Waals surface area contributed by atoms with Crippen molar-refractivity contribution in [1.29, 1.82) is 0 Å². The maximum absolute atomic E-state index is 13.7. The molecule has 9 nitrogen and oxygen atoms in total. The number of ether oxygens (including phenoxy) is 2. The fourth-order valence-electron chi connectivity index (χ4n) is 4.47. The number of sulfonamides is 1. The molecule has 2 N–H and O–H groups in total. The predicted molar refractivity (Wildman–Crippen MR) is 157 cm³/mol. The second-order valence-corrected chi connectivity index (χ2v) is 12.1. The molecule has 3 atom stereocenters. The lowest BCUT2D eigenvalue weighted by atomic mass is 10.0. The number of amides is 2. The molecule has 2 amide bonds. The van der Waals surface area contributed by atoms with Gasteiger partial charge in [0.05, 0.1) is 20.3 Å². The number of likely N-dealkylation sites (N-methyl/N-ethyl adjacent to an activating group) is 1. The first-order valence-corrected chi connectivity index (χ1v) is 14.8. The lowest BCUT2D eigenvalue weighted by Gasteiger charge is -2.37. The Morgan fingerprint density at radius 3 is 2.55 bits per heavy atom. The van der Waals surface area contributed by atoms with Crippen molar-refractivity contribution in [1.82, 2.24) is 9.21 Å². The van der Waals surface area contributed by atoms with Crippen molar-refractivity contribution in [2.75, 3.05) is 39.2 Å². The van der Waals surface area contributed by atoms with Crippen LogP contribution in [-0.4, -0.2) is 74.8 Å². The lowest BCUT2D eigenvalue weighted by Crippen LogP contribution is -2.50. The molecule has 0 aliphatic carbocycles. The molecule has 0 saturated carbocycles. The quantitative estimate of drug-likeness (QED) is 0.415. The molecule has 0 spiro atoms. The second-order valence-electron chi connectivity index (χ2n) is 10.2. The van der Waals surface area contributed by atoms with E-state index in [1.807, 2.05) is 6.92 Å². The minimum absolute atomic E-state index is 0.0597. The van der Waals surface area contributed by atoms with Gasteiger partial charge in [0.25, 0.3) is 0 Å². The van der Waals surface area contributed by atoms with Crippen LogP contribution in [0.3, 0.4) is 0 Å². The smallest absolute Gasteiger partial charge is 0.321 e. The van der Waals surface area contributed by atoms with Crippen LogP contribution in [0.25, 0.3) is 0 Å². The zero-order chi connectivity index (χ0) is 30.4. The van der Waals surface area contributed by atoms with Crippen LogP contribution in [0.4, 0.5) is 14.9 Å². The third kappa shape index (κ3) is 7.20. The van der Waals surface area contributed by atoms with Gasteiger partial charge in [0.2, 0.25) is 10.0 Å². The van der Waals surface area contributed by atoms with Crippen molar-refractivity contribution in [3.05, 3.63) is 83.7 Å². The van der Waals surface area contributed by atoms with E-state index in [9.17, 15) is 22.7 Å². The molecule has 11 heteroatoms. The van der Waals surface area contributed by atoms with E-state index in [4.69, 9.17) is 9.47 Å². The van der Waals surface area contributed by atoms with E-state index >= 15 is 0 Å². The molecule has 222 valence electrons. The Kier molecular flexibility index (Phi) is 9.73. The second kappa shape index (κ2) is 13.2. The van der Waals surface area contributed by atoms with Gasteiger partial charge in [0, 0.05) is 48.4 Å². The van der Waals surface area contributed by atoms with Gasteiger partial charge in [-0.15, -0.1) is 0 Å². The number of rotatable bonds is 6. The van der Waals surface area contributed by atoms with Crippen LogP contribution < -0.4 is 14.8 Å². The molecule has 4 rings (SSSR count). The molecule has 0 bridgehead atoms. The first kappa shape index (κ1) is 30.8. The normalized spacial score (nSPS) is 18.6. The topological polar surface area (TPSA) is 108 Å². The highest BCUT2D eigenvalue weighted by Gasteiger charge is 2.38. The number of urea groups is 1. The number of halogens is 1. The fraction of sp³-hybridized carbons (Fsp3) is 0.323. The SMILES string of the molecule is COc1cccc(NC(=O)N(C)C[C@@H]2Oc3cc(C#Cc4ccc(F)cc4)ccc3S(=O)(=O)N([C@H](C)CO)C[C@@H]2C)c1. The molecule has 1 aliphatic rings. The van der Waals surface area contributed by atoms with Gasteiger partial charge < -0.3 is 24.8 Å². The summed E-state index contributed by atoms with van der Waals surface area (Å²) >= 11 is 0. The van der Waals surface area contributed by atoms with E-state index in [2.05, 4.69) is 17.2 Å². The third-order valence-electron chi connectivity index (χ3n) is 6.98. The summed E-state index contributed by atoms with van der Waals surface area (Å²) < 4.78 is 53.5. The fourth-order valence-corrected chi connectivity index (χ4v) is 6.30. The van der Waals surface area contributed by atoms with Gasteiger partial charge in [0.15, 0.2) is 0 Å². The number of carbonyl (C=O) groups excluding carboxylic acids is 1. The number of carbonyl (C=O) groups is 1. The van der Waals surface area contributed by atoms with Crippen molar-refractivity contribution >= 4 is 21.7 Å². The molecule has 0 saturated heterocycles. The Hall–Kier alpha value is -4.11. The molecule has 1 heterocycles. The molecule has 42 heavy (non-hydrogen) atoms. The van der Waals surface area contributed by atoms with Gasteiger partial charge in [-0.2, -0.15) is 4.31 Å². The minimum Gasteiger partial charge on any atom is -0.497 e. The van der Waals surface area contributed by atoms with Crippen LogP contribution in [-0.2, 0) is 10.0 Å². The summed E-state index contributed by atoms with van der Waals surface area (Å²) in [6.07, 6.45) is -0.603. The Bertz CT molecular complexity index is 1590. The maximum Gasteiger partial charge on any atom is 0.321 e. The molecular formula is C31H34FN3O6S. The van der Waals surface area contributed by atoms with E-state index in [1.54, 1.807) is 69.6 Å². The Balaban J connectivity index is 1.65. The summed E-state index contributed by atoms with van der Waals surface area (Å²) in [5, 5.41) is 12.7. The summed E-state index contributed by atoms with van der Waals surface area (Å²) in [7, 11) is -0.871. The van der Waals surface area contributed by atoms with E-state index in [0.29, 0.717) is 22.6 Å². The van der Waals surface area contributed by atoms with Crippen molar-refractivity contribution < 1.29 is 32.2 Å². The largest absolute Gasteiger partial charge is 0.497 e. The van der Waals surface area contributed by atoms with Crippen LogP contribution in [0.15, 0.2) is 71.6 Å². The van der Waals surface area contributed by atoms with Gasteiger partial charge in [0.1, 0.15) is 28.3 Å². The van der Waals surface area contributed by atoms with Gasteiger partial charge in [-0.05, 0) is 61.5 Å². The number of methoxy groups -OCH3 is 1. The van der Waals surface area contributed by atoms with E-state index in [-0.39, 0.29) is 48.1 Å². The van der Waals surface area contributed by atoms with Crippen LogP contribution in [0.1, 0.15) is 25.0 Å². The molecular weight excluding hydrogens is 561 g/mol. The minimum atomic E-state index is -4.04. The van der Waals surface area contributed by atoms with E-state index in [0.717, 1.165) is 0 Å². The van der Waals surface area contributed by atoms with Crippen molar-refractivity contribution in [2.45, 2.75) is 30.9 Å². The number of fused-ring (bicyclic) bond motifs is 1. The molecule has 3 aromatic carbocycles. The number of nitrogens with zero attached hydrogens (tertiary/aromatic N) is 2. The van der Waals surface area contributed by atoms with Crippen molar-refractivity contribution in [3.63, 3.8) is 0 Å². The van der Waals surface area contributed by atoms with Crippen LogP contribution in [0.5, 0.6) is 11.5 Å². The Morgan fingerprint density at radius 2 is 1.86 bits per heavy atom. The molecule has 3 aromatic rings. The summed E-state index contributed by atoms with van der Waals surface area (Å²) in [5.74, 6) is 5.88. The van der Waals surface area contributed by atoms with E-state index in [1.165, 1.54) is 27.4 Å². The van der Waals surface area contributed by atoms with E-state index < -0.39 is 22.2 Å². The van der Waals surface area contributed by atoms with Crippen LogP contribution >= 0.6 is 0 Å². The number of nitrogens with one attached hydrogen (secondary N) is 1. The molecule has 0 aromatic heterocycles. The highest BCUT2D eigenvalue weighted by molar-refractivity contribution is 7.89. The molecule has 0 fully saturated rings. The molecule has 1 aliphatic heterocycles. The standard InChI is InChI=1S/C31H34FN3O6S/c1-21-18-35(22(2)20-36)42(38,39)30-15-12-24(9-8-23-10-13-25(32)14-11-23)16-28(30)41-29(21)19-34(3)31(37)33-26-6-5-7-27(17-26)40-4/h5-7,10-17,21-22,29,36H,18-20H2,1-4H3,(H,33,37)/t21-,22+,29-/m0/s1. The number of benzene rings is 3. The molecule has 0 radical (unpaired) electrons. The predicted octanol–water partition coefficient (Wildman–Crippen LogP) is 4.17. The highest BCUT2D eigenvalue weighted by atomic mass is 32.2. The number of anilines is 1. The number of aliphatic hydroxyl groups excluding tert-OH is 1. The Labute approximate surface area is 245 Å². The van der Waals surface area contributed by atoms with Crippen LogP contribution in [0.2, 0.25) is 0 Å². The van der Waals surface area contributed by atoms with Crippen LogP contribution in [0, 0.1) is 23.6 Å². The zero-order valence-electron chi connectivity index (χ0n) is 23.9. The summed E-state index contributed by atoms with van der Waals surface area (Å²) in [5.41, 5.74) is 1.64. The van der Waals surface area contributed by atoms with Crippen molar-refractivity contribution in [3.8, 4) is 23.3 Å². The summed E-state index contributed by atoms with van der Waals surface area (Å²) in [4.78, 5) is 14.5. The van der Waals surface area contributed by atoms with Gasteiger partial charge >= 0.3 is 6.03 Å². The third-order valence-corrected chi connectivity index (χ3v) is 9.00. The van der Waals surface area contributed by atoms with Crippen molar-refractivity contribution in [2.24, 2.45) is 5.92 Å². The summed E-state index contributed by atoms with van der Waals surface area (Å²) in [6.45, 7) is 3.33. The maximum atomic E-state index is 13.7. The van der Waals surface area contributed by atoms with Gasteiger partial charge in [-0.3, -0.25) is 0 Å².